The number of imide groups is 2. The van der Waals surface area contributed by atoms with E-state index in [1.54, 1.807) is 53.8 Å². The van der Waals surface area contributed by atoms with Gasteiger partial charge in [0.1, 0.15) is 11.4 Å². The van der Waals surface area contributed by atoms with Crippen molar-refractivity contribution in [1.82, 2.24) is 35.4 Å². The maximum Gasteiger partial charge on any atom is 0.334 e. The van der Waals surface area contributed by atoms with Crippen LogP contribution in [0.5, 0.6) is 0 Å². The number of ether oxygens (including phenoxy) is 1. The number of aromatic amines is 1. The Hall–Kier alpha value is -3.67. The monoisotopic (exact) mass is 510 g/mol. The third-order valence-electron chi connectivity index (χ3n) is 6.11. The Bertz CT molecular complexity index is 1190. The predicted molar refractivity (Wildman–Crippen MR) is 136 cm³/mol. The maximum atomic E-state index is 13.7. The van der Waals surface area contributed by atoms with Gasteiger partial charge in [0, 0.05) is 41.5 Å². The molecule has 2 fully saturated rings. The van der Waals surface area contributed by atoms with E-state index in [0.717, 1.165) is 9.80 Å². The zero-order valence-corrected chi connectivity index (χ0v) is 22.6. The van der Waals surface area contributed by atoms with Gasteiger partial charge in [-0.3, -0.25) is 19.4 Å². The van der Waals surface area contributed by atoms with Gasteiger partial charge in [-0.15, -0.1) is 10.2 Å². The number of tetrazole rings is 1. The van der Waals surface area contributed by atoms with Gasteiger partial charge >= 0.3 is 6.03 Å². The second-order valence-electron chi connectivity index (χ2n) is 11.5. The van der Waals surface area contributed by atoms with Crippen molar-refractivity contribution in [2.24, 2.45) is 0 Å². The van der Waals surface area contributed by atoms with Gasteiger partial charge in [-0.25, -0.2) is 9.78 Å². The smallest absolute Gasteiger partial charge is 0.334 e. The van der Waals surface area contributed by atoms with Crippen molar-refractivity contribution in [2.45, 2.75) is 78.7 Å². The lowest BCUT2D eigenvalue weighted by Crippen LogP contribution is -2.65. The minimum absolute atomic E-state index is 0.0359. The molecule has 0 bridgehead atoms. The van der Waals surface area contributed by atoms with Crippen molar-refractivity contribution in [3.8, 4) is 11.4 Å². The number of hydrogen-bond donors (Lipinski definition) is 1. The van der Waals surface area contributed by atoms with Gasteiger partial charge in [-0.05, 0) is 72.7 Å². The lowest BCUT2D eigenvalue weighted by atomic mass is 9.96. The molecule has 0 saturated carbocycles. The molecule has 198 valence electrons. The Morgan fingerprint density at radius 1 is 0.973 bits per heavy atom. The summed E-state index contributed by atoms with van der Waals surface area (Å²) in [6, 6.07) is 1.13. The molecule has 1 N–H and O–H groups in total. The van der Waals surface area contributed by atoms with Crippen molar-refractivity contribution in [1.29, 1.82) is 0 Å². The summed E-state index contributed by atoms with van der Waals surface area (Å²) in [5, 5.41) is 14.1. The first kappa shape index (κ1) is 26.4. The Morgan fingerprint density at radius 2 is 1.54 bits per heavy atom. The molecule has 2 saturated heterocycles. The largest absolute Gasteiger partial charge is 0.372 e. The highest BCUT2D eigenvalue weighted by Gasteiger charge is 2.50. The first-order chi connectivity index (χ1) is 17.2. The average molecular weight is 511 g/mol. The van der Waals surface area contributed by atoms with Gasteiger partial charge in [0.05, 0.1) is 12.2 Å². The summed E-state index contributed by atoms with van der Waals surface area (Å²) < 4.78 is 5.88. The fourth-order valence-corrected chi connectivity index (χ4v) is 4.67. The number of nitrogens with zero attached hydrogens (tertiary/aromatic N) is 7. The van der Waals surface area contributed by atoms with E-state index in [2.05, 4.69) is 30.5 Å². The van der Waals surface area contributed by atoms with Crippen LogP contribution in [0.3, 0.4) is 0 Å². The highest BCUT2D eigenvalue weighted by molar-refractivity contribution is 6.31. The van der Waals surface area contributed by atoms with Crippen LogP contribution in [0, 0.1) is 0 Å². The minimum Gasteiger partial charge on any atom is -0.372 e. The number of carbonyl (C=O) groups is 3. The summed E-state index contributed by atoms with van der Waals surface area (Å²) in [6.07, 6.45) is 3.08. The Balaban J connectivity index is 1.90. The minimum atomic E-state index is -0.847. The second-order valence-corrected chi connectivity index (χ2v) is 11.5. The van der Waals surface area contributed by atoms with Gasteiger partial charge in [-0.1, -0.05) is 0 Å². The van der Waals surface area contributed by atoms with Crippen molar-refractivity contribution in [2.75, 3.05) is 18.0 Å². The molecular formula is C25H34N8O4. The number of carbonyl (C=O) groups excluding carboxylic acids is 3. The van der Waals surface area contributed by atoms with Crippen molar-refractivity contribution < 1.29 is 19.1 Å². The lowest BCUT2D eigenvalue weighted by Gasteiger charge is -2.45. The molecule has 4 amide bonds. The molecule has 2 aliphatic heterocycles. The number of pyridine rings is 1. The molecule has 2 aromatic heterocycles. The molecule has 4 heterocycles. The van der Waals surface area contributed by atoms with Crippen LogP contribution in [0.4, 0.5) is 10.6 Å². The van der Waals surface area contributed by atoms with Crippen LogP contribution in [-0.4, -0.2) is 89.6 Å². The number of barbiturate groups is 1. The van der Waals surface area contributed by atoms with Crippen molar-refractivity contribution in [3.63, 3.8) is 0 Å². The number of nitrogens with one attached hydrogen (secondary N) is 1. The van der Waals surface area contributed by atoms with E-state index < -0.39 is 28.9 Å². The molecule has 0 radical (unpaired) electrons. The number of rotatable bonds is 3. The molecule has 0 aromatic carbocycles. The summed E-state index contributed by atoms with van der Waals surface area (Å²) in [7, 11) is 0. The first-order valence-electron chi connectivity index (χ1n) is 12.3. The summed E-state index contributed by atoms with van der Waals surface area (Å²) in [5.74, 6) is -0.388. The standard InChI is InChI=1S/C25H34N8O4/c1-14-12-31(13-15(2)37-14)20-16(9-17(11-26-20)19-27-29-30-28-19)10-18-21(34)32(24(3,4)5)23(36)33(22(18)35)25(6,7)8/h9-11,14-15H,12-13H2,1-8H3,(H,27,28,29,30)/t14-,15+. The molecular weight excluding hydrogens is 476 g/mol. The van der Waals surface area contributed by atoms with Gasteiger partial charge in [0.2, 0.25) is 5.82 Å². The Morgan fingerprint density at radius 3 is 2.03 bits per heavy atom. The SMILES string of the molecule is C[C@@H]1CN(c2ncc(-c3nn[nH]n3)cc2C=C2C(=O)N(C(C)(C)C)C(=O)N(C(C)(C)C)C2=O)C[C@H](C)O1. The molecule has 0 spiro atoms. The van der Waals surface area contributed by atoms with Gasteiger partial charge in [-0.2, -0.15) is 5.21 Å². The Kier molecular flexibility index (Phi) is 6.65. The van der Waals surface area contributed by atoms with E-state index in [-0.39, 0.29) is 17.8 Å². The summed E-state index contributed by atoms with van der Waals surface area (Å²) in [5.41, 5.74) is -0.726. The summed E-state index contributed by atoms with van der Waals surface area (Å²) in [4.78, 5) is 49.7. The quantitative estimate of drug-likeness (QED) is 0.488. The van der Waals surface area contributed by atoms with Crippen LogP contribution in [0.1, 0.15) is 61.0 Å². The number of morpholine rings is 1. The van der Waals surface area contributed by atoms with Gasteiger partial charge in [0.25, 0.3) is 11.8 Å². The molecule has 37 heavy (non-hydrogen) atoms. The zero-order valence-electron chi connectivity index (χ0n) is 22.6. The zero-order chi connectivity index (χ0) is 27.3. The van der Waals surface area contributed by atoms with E-state index in [1.807, 2.05) is 13.8 Å². The van der Waals surface area contributed by atoms with Crippen LogP contribution in [0.15, 0.2) is 17.8 Å². The molecule has 2 atom stereocenters. The number of urea groups is 1. The highest BCUT2D eigenvalue weighted by atomic mass is 16.5. The van der Waals surface area contributed by atoms with Gasteiger partial charge < -0.3 is 9.64 Å². The fraction of sp³-hybridized carbons (Fsp3) is 0.560. The molecule has 12 nitrogen and oxygen atoms in total. The normalized spacial score (nSPS) is 21.7. The topological polar surface area (TPSA) is 138 Å². The highest BCUT2D eigenvalue weighted by Crippen LogP contribution is 2.33. The third kappa shape index (κ3) is 5.10. The number of hydrogen-bond acceptors (Lipinski definition) is 9. The van der Waals surface area contributed by atoms with Crippen LogP contribution in [0.2, 0.25) is 0 Å². The van der Waals surface area contributed by atoms with Crippen LogP contribution < -0.4 is 4.90 Å². The molecule has 0 unspecified atom stereocenters. The third-order valence-corrected chi connectivity index (χ3v) is 6.11. The molecule has 0 aliphatic carbocycles. The van der Waals surface area contributed by atoms with Crippen molar-refractivity contribution >= 4 is 29.7 Å². The van der Waals surface area contributed by atoms with E-state index in [9.17, 15) is 14.4 Å². The van der Waals surface area contributed by atoms with Gasteiger partial charge in [0.15, 0.2) is 0 Å². The number of aromatic nitrogens is 5. The maximum absolute atomic E-state index is 13.7. The number of H-pyrrole nitrogens is 1. The van der Waals surface area contributed by atoms with Crippen molar-refractivity contribution in [3.05, 3.63) is 23.4 Å². The molecule has 12 heteroatoms. The number of anilines is 1. The average Bonchev–Trinajstić information content (AvgIpc) is 3.29. The fourth-order valence-electron chi connectivity index (χ4n) is 4.67. The van der Waals surface area contributed by atoms with E-state index in [4.69, 9.17) is 4.74 Å². The molecule has 4 rings (SSSR count). The van der Waals surface area contributed by atoms with E-state index in [0.29, 0.717) is 35.9 Å². The first-order valence-corrected chi connectivity index (χ1v) is 12.3. The van der Waals surface area contributed by atoms with Crippen LogP contribution in [-0.2, 0) is 14.3 Å². The summed E-state index contributed by atoms with van der Waals surface area (Å²) >= 11 is 0. The van der Waals surface area contributed by atoms with Crippen LogP contribution in [0.25, 0.3) is 17.5 Å². The Labute approximate surface area is 216 Å². The predicted octanol–water partition coefficient (Wildman–Crippen LogP) is 2.65. The van der Waals surface area contributed by atoms with Crippen LogP contribution >= 0.6 is 0 Å². The lowest BCUT2D eigenvalue weighted by molar-refractivity contribution is -0.141. The second kappa shape index (κ2) is 9.33. The molecule has 2 aromatic rings. The summed E-state index contributed by atoms with van der Waals surface area (Å²) in [6.45, 7) is 15.7. The van der Waals surface area contributed by atoms with E-state index in [1.165, 1.54) is 6.08 Å². The van der Waals surface area contributed by atoms with E-state index >= 15 is 0 Å². The molecule has 2 aliphatic rings. The number of amides is 4.